The molecule has 0 aliphatic carbocycles. The van der Waals surface area contributed by atoms with Gasteiger partial charge in [-0.1, -0.05) is 60.7 Å². The minimum Gasteiger partial charge on any atom is -1.00 e. The molecule has 1 heterocycles. The molecule has 3 amide bonds. The average Bonchev–Trinajstić information content (AvgIpc) is 2.76. The summed E-state index contributed by atoms with van der Waals surface area (Å²) in [4.78, 5) is 23.9. The van der Waals surface area contributed by atoms with E-state index in [0.29, 0.717) is 0 Å². The third-order valence-corrected chi connectivity index (χ3v) is 3.28. The zero-order chi connectivity index (χ0) is 13.3. The fourth-order valence-electron chi connectivity index (χ4n) is 2.40. The van der Waals surface area contributed by atoms with Crippen molar-refractivity contribution in [3.8, 4) is 0 Å². The van der Waals surface area contributed by atoms with E-state index < -0.39 is 11.6 Å². The van der Waals surface area contributed by atoms with Crippen molar-refractivity contribution in [1.82, 2.24) is 10.6 Å². The average molecular weight is 294 g/mol. The third kappa shape index (κ3) is 2.35. The quantitative estimate of drug-likeness (QED) is 0.653. The Labute approximate surface area is 149 Å². The Kier molecular flexibility index (Phi) is 4.48. The minimum absolute atomic E-state index is 0. The van der Waals surface area contributed by atoms with Gasteiger partial charge < -0.3 is 8.17 Å². The molecule has 98 valence electrons. The number of imide groups is 1. The summed E-state index contributed by atoms with van der Waals surface area (Å²) < 4.78 is 0. The van der Waals surface area contributed by atoms with E-state index in [1.807, 2.05) is 60.7 Å². The molecule has 5 heteroatoms. The summed E-state index contributed by atoms with van der Waals surface area (Å²) in [5.74, 6) is -0.352. The maximum atomic E-state index is 12.3. The topological polar surface area (TPSA) is 58.2 Å². The molecule has 0 unspecified atom stereocenters. The largest absolute Gasteiger partial charge is 2.00 e. The molecule has 0 atom stereocenters. The summed E-state index contributed by atoms with van der Waals surface area (Å²) in [5, 5.41) is 5.07. The molecular weight excluding hydrogens is 280 g/mol. The first-order chi connectivity index (χ1) is 9.23. The Hall–Kier alpha value is -1.36. The number of carbonyl (C=O) groups is 2. The Morgan fingerprint density at radius 2 is 1.25 bits per heavy atom. The first-order valence-corrected chi connectivity index (χ1v) is 5.98. The Morgan fingerprint density at radius 3 is 1.60 bits per heavy atom. The van der Waals surface area contributed by atoms with Crippen LogP contribution in [0.1, 0.15) is 14.0 Å². The van der Waals surface area contributed by atoms with Crippen molar-refractivity contribution in [3.63, 3.8) is 0 Å². The Morgan fingerprint density at radius 1 is 0.800 bits per heavy atom. The van der Waals surface area contributed by atoms with Gasteiger partial charge in [-0.15, -0.1) is 0 Å². The van der Waals surface area contributed by atoms with Gasteiger partial charge in [0.15, 0.2) is 5.54 Å². The van der Waals surface area contributed by atoms with Crippen LogP contribution in [0.15, 0.2) is 60.7 Å². The molecule has 20 heavy (non-hydrogen) atoms. The van der Waals surface area contributed by atoms with Crippen molar-refractivity contribution >= 4 is 49.7 Å². The summed E-state index contributed by atoms with van der Waals surface area (Å²) in [5.41, 5.74) is 0.341. The number of urea groups is 1. The van der Waals surface area contributed by atoms with Crippen LogP contribution in [-0.2, 0) is 10.3 Å². The van der Waals surface area contributed by atoms with Gasteiger partial charge in [0.05, 0.1) is 0 Å². The Bertz CT molecular complexity index is 599. The molecule has 3 rings (SSSR count). The maximum absolute atomic E-state index is 12.3. The van der Waals surface area contributed by atoms with Gasteiger partial charge in [-0.2, -0.15) is 0 Å². The van der Waals surface area contributed by atoms with Crippen LogP contribution in [0.5, 0.6) is 0 Å². The number of nitrogens with one attached hydrogen (secondary N) is 2. The van der Waals surface area contributed by atoms with E-state index in [4.69, 9.17) is 0 Å². The predicted octanol–water partition coefficient (Wildman–Crippen LogP) is 1.61. The van der Waals surface area contributed by atoms with E-state index in [9.17, 15) is 9.59 Å². The summed E-state index contributed by atoms with van der Waals surface area (Å²) in [7, 11) is 0. The second-order valence-corrected chi connectivity index (χ2v) is 4.39. The van der Waals surface area contributed by atoms with Gasteiger partial charge in [-0.3, -0.25) is 10.1 Å². The molecule has 2 N–H and O–H groups in total. The third-order valence-electron chi connectivity index (χ3n) is 3.28. The number of hydrogen-bond donors (Lipinski definition) is 2. The molecule has 1 aliphatic heterocycles. The van der Waals surface area contributed by atoms with E-state index in [2.05, 4.69) is 10.6 Å². The normalized spacial score (nSPS) is 16.0. The van der Waals surface area contributed by atoms with Crippen molar-refractivity contribution in [2.75, 3.05) is 0 Å². The van der Waals surface area contributed by atoms with Crippen LogP contribution in [0.4, 0.5) is 4.79 Å². The van der Waals surface area contributed by atoms with Crippen LogP contribution in [0, 0.1) is 0 Å². The molecule has 2 aromatic rings. The molecular formula is C15H14CaN2O2. The van der Waals surface area contributed by atoms with Crippen LogP contribution in [0.2, 0.25) is 0 Å². The number of benzene rings is 2. The number of hydrogen-bond acceptors (Lipinski definition) is 2. The standard InChI is InChI=1S/C15H12N2O2.Ca.2H/c18-13-15(17-14(19)16-13,11-7-3-1-4-8-11)12-9-5-2-6-10-12;;;/h1-10H,(H2,16,17,18,19);;;/q;+2;2*-1. The van der Waals surface area contributed by atoms with Crippen LogP contribution < -0.4 is 10.6 Å². The van der Waals surface area contributed by atoms with Crippen molar-refractivity contribution in [2.45, 2.75) is 5.54 Å². The molecule has 0 aromatic heterocycles. The van der Waals surface area contributed by atoms with E-state index in [1.165, 1.54) is 0 Å². The van der Waals surface area contributed by atoms with Crippen molar-refractivity contribution in [3.05, 3.63) is 71.8 Å². The second-order valence-electron chi connectivity index (χ2n) is 4.39. The van der Waals surface area contributed by atoms with Crippen LogP contribution >= 0.6 is 0 Å². The molecule has 2 aromatic carbocycles. The van der Waals surface area contributed by atoms with Gasteiger partial charge in [0.1, 0.15) is 0 Å². The Balaban J connectivity index is 0.00000147. The monoisotopic (exact) mass is 294 g/mol. The first kappa shape index (κ1) is 15.0. The first-order valence-electron chi connectivity index (χ1n) is 5.98. The predicted molar refractivity (Wildman–Crippen MR) is 78.3 cm³/mol. The van der Waals surface area contributed by atoms with Gasteiger partial charge in [0, 0.05) is 0 Å². The molecule has 0 radical (unpaired) electrons. The number of carbonyl (C=O) groups excluding carboxylic acids is 2. The summed E-state index contributed by atoms with van der Waals surface area (Å²) in [6, 6.07) is 18.0. The van der Waals surface area contributed by atoms with Crippen molar-refractivity contribution in [2.24, 2.45) is 0 Å². The van der Waals surface area contributed by atoms with Gasteiger partial charge in [-0.05, 0) is 11.1 Å². The van der Waals surface area contributed by atoms with Gasteiger partial charge in [0.2, 0.25) is 0 Å². The van der Waals surface area contributed by atoms with Crippen LogP contribution in [-0.4, -0.2) is 49.7 Å². The fraction of sp³-hybridized carbons (Fsp3) is 0.0667. The molecule has 0 saturated carbocycles. The van der Waals surface area contributed by atoms with Crippen LogP contribution in [0.25, 0.3) is 0 Å². The zero-order valence-corrected chi connectivity index (χ0v) is 13.0. The van der Waals surface area contributed by atoms with Crippen LogP contribution in [0.3, 0.4) is 0 Å². The minimum atomic E-state index is -1.14. The van der Waals surface area contributed by atoms with Gasteiger partial charge in [0.25, 0.3) is 5.91 Å². The second kappa shape index (κ2) is 5.95. The molecule has 1 aliphatic rings. The summed E-state index contributed by atoms with van der Waals surface area (Å²) in [6.07, 6.45) is 0. The van der Waals surface area contributed by atoms with E-state index in [0.717, 1.165) is 11.1 Å². The maximum Gasteiger partial charge on any atom is 2.00 e. The van der Waals surface area contributed by atoms with E-state index >= 15 is 0 Å². The molecule has 4 nitrogen and oxygen atoms in total. The van der Waals surface area contributed by atoms with Gasteiger partial charge in [-0.25, -0.2) is 4.79 Å². The van der Waals surface area contributed by atoms with Crippen molar-refractivity contribution < 1.29 is 12.4 Å². The summed E-state index contributed by atoms with van der Waals surface area (Å²) in [6.45, 7) is 0. The number of rotatable bonds is 2. The fourth-order valence-corrected chi connectivity index (χ4v) is 2.40. The molecule has 0 bridgehead atoms. The van der Waals surface area contributed by atoms with Crippen molar-refractivity contribution in [1.29, 1.82) is 0 Å². The smallest absolute Gasteiger partial charge is 1.00 e. The van der Waals surface area contributed by atoms with E-state index in [1.54, 1.807) is 0 Å². The van der Waals surface area contributed by atoms with Gasteiger partial charge >= 0.3 is 43.8 Å². The molecule has 1 saturated heterocycles. The van der Waals surface area contributed by atoms with E-state index in [-0.39, 0.29) is 46.5 Å². The number of amides is 3. The molecule has 1 fully saturated rings. The summed E-state index contributed by atoms with van der Waals surface area (Å²) >= 11 is 0. The zero-order valence-electron chi connectivity index (χ0n) is 12.8. The SMILES string of the molecule is O=C1NC(=O)C(c2ccccc2)(c2ccccc2)N1.[Ca+2].[H-].[H-]. The molecule has 0 spiro atoms.